The van der Waals surface area contributed by atoms with Crippen molar-refractivity contribution in [1.82, 2.24) is 5.32 Å². The minimum atomic E-state index is -0.136. The van der Waals surface area contributed by atoms with Crippen LogP contribution in [0.5, 0.6) is 0 Å². The number of anilines is 1. The molecule has 0 bridgehead atoms. The molecule has 2 N–H and O–H groups in total. The predicted octanol–water partition coefficient (Wildman–Crippen LogP) is 4.12. The molecule has 0 aliphatic carbocycles. The minimum Gasteiger partial charge on any atom is -0.331 e. The van der Waals surface area contributed by atoms with E-state index in [9.17, 15) is 4.79 Å². The molecule has 0 aliphatic rings. The van der Waals surface area contributed by atoms with Gasteiger partial charge in [0, 0.05) is 4.47 Å². The fourth-order valence-electron chi connectivity index (χ4n) is 1.98. The van der Waals surface area contributed by atoms with Crippen LogP contribution in [-0.2, 0) is 11.2 Å². The number of benzene rings is 2. The van der Waals surface area contributed by atoms with E-state index in [0.29, 0.717) is 11.5 Å². The summed E-state index contributed by atoms with van der Waals surface area (Å²) in [6, 6.07) is 13.6. The van der Waals surface area contributed by atoms with E-state index in [-0.39, 0.29) is 5.91 Å². The van der Waals surface area contributed by atoms with Gasteiger partial charge < -0.3 is 10.6 Å². The van der Waals surface area contributed by atoms with Crippen LogP contribution in [0, 0.1) is 13.8 Å². The van der Waals surface area contributed by atoms with E-state index in [0.717, 1.165) is 21.3 Å². The molecule has 2 aromatic carbocycles. The highest BCUT2D eigenvalue weighted by Gasteiger charge is 2.08. The highest BCUT2D eigenvalue weighted by atomic mass is 79.9. The summed E-state index contributed by atoms with van der Waals surface area (Å²) in [5.41, 5.74) is 4.14. The summed E-state index contributed by atoms with van der Waals surface area (Å²) >= 11 is 8.70. The van der Waals surface area contributed by atoms with Gasteiger partial charge in [-0.15, -0.1) is 0 Å². The lowest BCUT2D eigenvalue weighted by atomic mass is 10.1. The number of rotatable bonds is 3. The Kier molecular flexibility index (Phi) is 5.69. The molecule has 0 saturated carbocycles. The molecular formula is C17H17BrN2OS. The summed E-state index contributed by atoms with van der Waals surface area (Å²) in [6.45, 7) is 4.08. The number of aryl methyl sites for hydroxylation is 2. The maximum atomic E-state index is 12.0. The molecule has 2 rings (SSSR count). The SMILES string of the molecule is Cc1cc(Br)c(NC(=S)NC(=O)Cc2ccccc2)cc1C. The second kappa shape index (κ2) is 7.51. The third-order valence-electron chi connectivity index (χ3n) is 3.29. The smallest absolute Gasteiger partial charge is 0.230 e. The van der Waals surface area contributed by atoms with Crippen molar-refractivity contribution in [2.75, 3.05) is 5.32 Å². The van der Waals surface area contributed by atoms with E-state index < -0.39 is 0 Å². The number of amides is 1. The van der Waals surface area contributed by atoms with Crippen LogP contribution < -0.4 is 10.6 Å². The molecule has 0 fully saturated rings. The average Bonchev–Trinajstić information content (AvgIpc) is 2.45. The average molecular weight is 377 g/mol. The van der Waals surface area contributed by atoms with Crippen molar-refractivity contribution in [2.45, 2.75) is 20.3 Å². The first kappa shape index (κ1) is 16.6. The summed E-state index contributed by atoms with van der Waals surface area (Å²) in [6.07, 6.45) is 0.302. The molecule has 1 amide bonds. The second-order valence-electron chi connectivity index (χ2n) is 5.08. The molecule has 0 aromatic heterocycles. The normalized spacial score (nSPS) is 10.1. The van der Waals surface area contributed by atoms with E-state index in [1.807, 2.05) is 56.3 Å². The maximum absolute atomic E-state index is 12.0. The first-order valence-electron chi connectivity index (χ1n) is 6.87. The largest absolute Gasteiger partial charge is 0.331 e. The van der Waals surface area contributed by atoms with Gasteiger partial charge >= 0.3 is 0 Å². The third-order valence-corrected chi connectivity index (χ3v) is 4.15. The van der Waals surface area contributed by atoms with Gasteiger partial charge in [-0.25, -0.2) is 0 Å². The summed E-state index contributed by atoms with van der Waals surface area (Å²) in [4.78, 5) is 12.0. The fraction of sp³-hybridized carbons (Fsp3) is 0.176. The molecule has 0 atom stereocenters. The van der Waals surface area contributed by atoms with E-state index in [1.165, 1.54) is 5.56 Å². The highest BCUT2D eigenvalue weighted by Crippen LogP contribution is 2.25. The monoisotopic (exact) mass is 376 g/mol. The van der Waals surface area contributed by atoms with Crippen LogP contribution in [0.25, 0.3) is 0 Å². The van der Waals surface area contributed by atoms with E-state index in [4.69, 9.17) is 12.2 Å². The van der Waals surface area contributed by atoms with Gasteiger partial charge in [-0.2, -0.15) is 0 Å². The van der Waals surface area contributed by atoms with Crippen LogP contribution in [0.1, 0.15) is 16.7 Å². The molecule has 0 radical (unpaired) electrons. The number of carbonyl (C=O) groups excluding carboxylic acids is 1. The first-order valence-corrected chi connectivity index (χ1v) is 8.07. The lowest BCUT2D eigenvalue weighted by Crippen LogP contribution is -2.35. The molecule has 3 nitrogen and oxygen atoms in total. The zero-order valence-electron chi connectivity index (χ0n) is 12.4. The van der Waals surface area contributed by atoms with Gasteiger partial charge in [0.15, 0.2) is 5.11 Å². The van der Waals surface area contributed by atoms with Gasteiger partial charge in [-0.1, -0.05) is 30.3 Å². The molecule has 22 heavy (non-hydrogen) atoms. The quantitative estimate of drug-likeness (QED) is 0.791. The zero-order valence-corrected chi connectivity index (χ0v) is 14.8. The van der Waals surface area contributed by atoms with Crippen molar-refractivity contribution in [2.24, 2.45) is 0 Å². The molecule has 0 heterocycles. The summed E-state index contributed by atoms with van der Waals surface area (Å²) in [7, 11) is 0. The number of hydrogen-bond donors (Lipinski definition) is 2. The van der Waals surface area contributed by atoms with Gasteiger partial charge in [-0.3, -0.25) is 4.79 Å². The van der Waals surface area contributed by atoms with Crippen LogP contribution in [0.15, 0.2) is 46.9 Å². The van der Waals surface area contributed by atoms with Crippen molar-refractivity contribution in [3.05, 3.63) is 63.6 Å². The Morgan fingerprint density at radius 1 is 1.14 bits per heavy atom. The van der Waals surface area contributed by atoms with Crippen molar-refractivity contribution in [1.29, 1.82) is 0 Å². The van der Waals surface area contributed by atoms with Crippen molar-refractivity contribution >= 4 is 44.9 Å². The molecule has 114 valence electrons. The van der Waals surface area contributed by atoms with Crippen LogP contribution in [0.3, 0.4) is 0 Å². The minimum absolute atomic E-state index is 0.136. The van der Waals surface area contributed by atoms with Gasteiger partial charge in [0.1, 0.15) is 0 Å². The molecule has 5 heteroatoms. The molecule has 0 aliphatic heterocycles. The first-order chi connectivity index (χ1) is 10.5. The van der Waals surface area contributed by atoms with Gasteiger partial charge in [0.25, 0.3) is 0 Å². The van der Waals surface area contributed by atoms with Crippen molar-refractivity contribution in [3.63, 3.8) is 0 Å². The van der Waals surface area contributed by atoms with E-state index in [2.05, 4.69) is 26.6 Å². The summed E-state index contributed by atoms with van der Waals surface area (Å²) < 4.78 is 0.912. The third kappa shape index (κ3) is 4.64. The topological polar surface area (TPSA) is 41.1 Å². The zero-order chi connectivity index (χ0) is 16.1. The fourth-order valence-corrected chi connectivity index (χ4v) is 2.76. The Morgan fingerprint density at radius 3 is 2.45 bits per heavy atom. The second-order valence-corrected chi connectivity index (χ2v) is 6.34. The molecule has 0 spiro atoms. The number of nitrogens with one attached hydrogen (secondary N) is 2. The van der Waals surface area contributed by atoms with Crippen LogP contribution in [0.2, 0.25) is 0 Å². The number of hydrogen-bond acceptors (Lipinski definition) is 2. The Hall–Kier alpha value is -1.72. The lowest BCUT2D eigenvalue weighted by Gasteiger charge is -2.13. The van der Waals surface area contributed by atoms with E-state index in [1.54, 1.807) is 0 Å². The van der Waals surface area contributed by atoms with Crippen LogP contribution in [0.4, 0.5) is 5.69 Å². The molecule has 0 saturated heterocycles. The summed E-state index contributed by atoms with van der Waals surface area (Å²) in [5, 5.41) is 6.04. The van der Waals surface area contributed by atoms with Crippen LogP contribution in [-0.4, -0.2) is 11.0 Å². The predicted molar refractivity (Wildman–Crippen MR) is 98.1 cm³/mol. The number of thiocarbonyl (C=S) groups is 1. The Balaban J connectivity index is 1.96. The standard InChI is InChI=1S/C17H17BrN2OS/c1-11-8-14(18)15(9-12(11)2)19-17(22)20-16(21)10-13-6-4-3-5-7-13/h3-9H,10H2,1-2H3,(H2,19,20,21,22). The van der Waals surface area contributed by atoms with E-state index >= 15 is 0 Å². The number of carbonyl (C=O) groups is 1. The Labute approximate surface area is 144 Å². The summed E-state index contributed by atoms with van der Waals surface area (Å²) in [5.74, 6) is -0.136. The number of halogens is 1. The van der Waals surface area contributed by atoms with Gasteiger partial charge in [-0.05, 0) is 70.8 Å². The van der Waals surface area contributed by atoms with Crippen molar-refractivity contribution in [3.8, 4) is 0 Å². The highest BCUT2D eigenvalue weighted by molar-refractivity contribution is 9.10. The van der Waals surface area contributed by atoms with Gasteiger partial charge in [0.2, 0.25) is 5.91 Å². The lowest BCUT2D eigenvalue weighted by molar-refractivity contribution is -0.119. The van der Waals surface area contributed by atoms with Crippen molar-refractivity contribution < 1.29 is 4.79 Å². The molecule has 2 aromatic rings. The molecular weight excluding hydrogens is 360 g/mol. The van der Waals surface area contributed by atoms with Gasteiger partial charge in [0.05, 0.1) is 12.1 Å². The maximum Gasteiger partial charge on any atom is 0.230 e. The Bertz CT molecular complexity index is 701. The molecule has 0 unspecified atom stereocenters. The van der Waals surface area contributed by atoms with Crippen LogP contribution >= 0.6 is 28.1 Å². The Morgan fingerprint density at radius 2 is 1.77 bits per heavy atom.